The van der Waals surface area contributed by atoms with Crippen molar-refractivity contribution >= 4 is 31.6 Å². The van der Waals surface area contributed by atoms with Crippen molar-refractivity contribution in [3.63, 3.8) is 0 Å². The first-order valence-corrected chi connectivity index (χ1v) is 9.85. The van der Waals surface area contributed by atoms with E-state index in [1.54, 1.807) is 0 Å². The molecule has 1 heterocycles. The minimum atomic E-state index is -3.70. The van der Waals surface area contributed by atoms with Crippen LogP contribution in [0.5, 0.6) is 0 Å². The lowest BCUT2D eigenvalue weighted by molar-refractivity contribution is -0.384. The molecule has 2 aromatic rings. The fourth-order valence-corrected chi connectivity index (χ4v) is 4.65. The minimum Gasteiger partial charge on any atom is -0.308 e. The molecule has 1 aliphatic heterocycles. The maximum absolute atomic E-state index is 12.8. The summed E-state index contributed by atoms with van der Waals surface area (Å²) in [5.41, 5.74) is 0.865. The van der Waals surface area contributed by atoms with E-state index in [1.165, 1.54) is 28.6 Å². The Hall–Kier alpha value is -1.81. The van der Waals surface area contributed by atoms with Gasteiger partial charge in [0.15, 0.2) is 0 Å². The van der Waals surface area contributed by atoms with E-state index < -0.39 is 14.9 Å². The van der Waals surface area contributed by atoms with Gasteiger partial charge in [-0.15, -0.1) is 0 Å². The molecule has 1 unspecified atom stereocenters. The number of sulfonamides is 1. The van der Waals surface area contributed by atoms with Gasteiger partial charge in [-0.2, -0.15) is 4.31 Å². The number of hydrogen-bond acceptors (Lipinski definition) is 5. The second-order valence-electron chi connectivity index (χ2n) is 5.68. The summed E-state index contributed by atoms with van der Waals surface area (Å²) in [6, 6.07) is 12.6. The van der Waals surface area contributed by atoms with E-state index in [4.69, 9.17) is 0 Å². The van der Waals surface area contributed by atoms with Crippen molar-refractivity contribution < 1.29 is 13.3 Å². The number of rotatable bonds is 4. The third-order valence-electron chi connectivity index (χ3n) is 4.07. The maximum Gasteiger partial charge on any atom is 0.269 e. The van der Waals surface area contributed by atoms with Gasteiger partial charge in [-0.1, -0.05) is 28.1 Å². The van der Waals surface area contributed by atoms with E-state index in [-0.39, 0.29) is 16.6 Å². The van der Waals surface area contributed by atoms with Crippen LogP contribution >= 0.6 is 15.9 Å². The fourth-order valence-electron chi connectivity index (χ4n) is 2.78. The summed E-state index contributed by atoms with van der Waals surface area (Å²) in [7, 11) is -3.70. The first-order chi connectivity index (χ1) is 11.9. The number of hydrogen-bond donors (Lipinski definition) is 1. The number of piperazine rings is 1. The number of benzene rings is 2. The number of non-ortho nitro benzene ring substituents is 1. The minimum absolute atomic E-state index is 0.0630. The van der Waals surface area contributed by atoms with Gasteiger partial charge in [0, 0.05) is 42.3 Å². The molecule has 0 radical (unpaired) electrons. The van der Waals surface area contributed by atoms with Crippen molar-refractivity contribution in [1.82, 2.24) is 9.62 Å². The van der Waals surface area contributed by atoms with Gasteiger partial charge in [0.25, 0.3) is 5.69 Å². The standard InChI is InChI=1S/C16H16BrN3O4S/c17-13-3-1-2-12(10-13)16-11-19(9-8-18-16)25(23,24)15-6-4-14(5-7-15)20(21)22/h1-7,10,16,18H,8-9,11H2. The van der Waals surface area contributed by atoms with Crippen molar-refractivity contribution in [2.45, 2.75) is 10.9 Å². The zero-order valence-electron chi connectivity index (χ0n) is 13.1. The molecule has 1 saturated heterocycles. The second-order valence-corrected chi connectivity index (χ2v) is 8.53. The monoisotopic (exact) mass is 425 g/mol. The second kappa shape index (κ2) is 7.20. The predicted molar refractivity (Wildman–Crippen MR) is 96.7 cm³/mol. The van der Waals surface area contributed by atoms with Crippen LogP contribution in [0, 0.1) is 10.1 Å². The molecule has 7 nitrogen and oxygen atoms in total. The van der Waals surface area contributed by atoms with Crippen molar-refractivity contribution in [3.05, 3.63) is 68.7 Å². The van der Waals surface area contributed by atoms with Crippen LogP contribution < -0.4 is 5.32 Å². The van der Waals surface area contributed by atoms with E-state index >= 15 is 0 Å². The molecule has 1 aliphatic rings. The Morgan fingerprint density at radius 3 is 2.56 bits per heavy atom. The number of nitrogens with one attached hydrogen (secondary N) is 1. The maximum atomic E-state index is 12.8. The Morgan fingerprint density at radius 2 is 1.92 bits per heavy atom. The highest BCUT2D eigenvalue weighted by atomic mass is 79.9. The SMILES string of the molecule is O=[N+]([O-])c1ccc(S(=O)(=O)N2CCNC(c3cccc(Br)c3)C2)cc1. The van der Waals surface area contributed by atoms with E-state index in [1.807, 2.05) is 24.3 Å². The zero-order valence-corrected chi connectivity index (χ0v) is 15.5. The van der Waals surface area contributed by atoms with Gasteiger partial charge < -0.3 is 5.32 Å². The first kappa shape index (κ1) is 18.0. The van der Waals surface area contributed by atoms with Crippen LogP contribution in [-0.4, -0.2) is 37.3 Å². The molecule has 0 bridgehead atoms. The molecule has 0 amide bonds. The predicted octanol–water partition coefficient (Wildman–Crippen LogP) is 2.69. The summed E-state index contributed by atoms with van der Waals surface area (Å²) in [5.74, 6) is 0. The molecular weight excluding hydrogens is 410 g/mol. The van der Waals surface area contributed by atoms with Crippen LogP contribution in [0.3, 0.4) is 0 Å². The lowest BCUT2D eigenvalue weighted by Gasteiger charge is -2.33. The van der Waals surface area contributed by atoms with Crippen LogP contribution in [0.1, 0.15) is 11.6 Å². The molecule has 2 aromatic carbocycles. The van der Waals surface area contributed by atoms with Gasteiger partial charge in [-0.05, 0) is 29.8 Å². The van der Waals surface area contributed by atoms with Crippen LogP contribution in [0.2, 0.25) is 0 Å². The van der Waals surface area contributed by atoms with Gasteiger partial charge in [0.1, 0.15) is 0 Å². The topological polar surface area (TPSA) is 92.5 Å². The molecule has 0 aromatic heterocycles. The summed E-state index contributed by atoms with van der Waals surface area (Å²) < 4.78 is 28.0. The number of nitrogens with zero attached hydrogens (tertiary/aromatic N) is 2. The van der Waals surface area contributed by atoms with Crippen LogP contribution in [0.4, 0.5) is 5.69 Å². The molecule has 0 aliphatic carbocycles. The summed E-state index contributed by atoms with van der Waals surface area (Å²) in [4.78, 5) is 10.2. The molecule has 1 N–H and O–H groups in total. The van der Waals surface area contributed by atoms with E-state index in [9.17, 15) is 18.5 Å². The average molecular weight is 426 g/mol. The van der Waals surface area contributed by atoms with Crippen LogP contribution in [-0.2, 0) is 10.0 Å². The third kappa shape index (κ3) is 3.90. The van der Waals surface area contributed by atoms with Crippen LogP contribution in [0.25, 0.3) is 0 Å². The largest absolute Gasteiger partial charge is 0.308 e. The number of halogens is 1. The fraction of sp³-hybridized carbons (Fsp3) is 0.250. The Labute approximate surface area is 154 Å². The zero-order chi connectivity index (χ0) is 18.0. The Balaban J connectivity index is 1.83. The third-order valence-corrected chi connectivity index (χ3v) is 6.45. The van der Waals surface area contributed by atoms with Gasteiger partial charge in [0.2, 0.25) is 10.0 Å². The highest BCUT2D eigenvalue weighted by Crippen LogP contribution is 2.25. The van der Waals surface area contributed by atoms with Crippen molar-refractivity contribution in [1.29, 1.82) is 0 Å². The summed E-state index contributed by atoms with van der Waals surface area (Å²) in [5, 5.41) is 14.0. The first-order valence-electron chi connectivity index (χ1n) is 7.61. The summed E-state index contributed by atoms with van der Waals surface area (Å²) in [6.07, 6.45) is 0. The highest BCUT2D eigenvalue weighted by molar-refractivity contribution is 9.10. The Bertz CT molecular complexity index is 887. The smallest absolute Gasteiger partial charge is 0.269 e. The lowest BCUT2D eigenvalue weighted by Crippen LogP contribution is -2.48. The molecular formula is C16H16BrN3O4S. The summed E-state index contributed by atoms with van der Waals surface area (Å²) in [6.45, 7) is 1.18. The Morgan fingerprint density at radius 1 is 1.20 bits per heavy atom. The van der Waals surface area contributed by atoms with Crippen molar-refractivity contribution in [2.24, 2.45) is 0 Å². The molecule has 3 rings (SSSR count). The van der Waals surface area contributed by atoms with E-state index in [2.05, 4.69) is 21.2 Å². The van der Waals surface area contributed by atoms with Crippen LogP contribution in [0.15, 0.2) is 57.9 Å². The molecule has 9 heteroatoms. The quantitative estimate of drug-likeness (QED) is 0.600. The molecule has 0 spiro atoms. The van der Waals surface area contributed by atoms with Gasteiger partial charge >= 0.3 is 0 Å². The van der Waals surface area contributed by atoms with Gasteiger partial charge in [-0.3, -0.25) is 10.1 Å². The average Bonchev–Trinajstić information content (AvgIpc) is 2.62. The molecule has 132 valence electrons. The van der Waals surface area contributed by atoms with Crippen molar-refractivity contribution in [2.75, 3.05) is 19.6 Å². The van der Waals surface area contributed by atoms with Gasteiger partial charge in [0.05, 0.1) is 9.82 Å². The number of nitro groups is 1. The summed E-state index contributed by atoms with van der Waals surface area (Å²) >= 11 is 3.42. The highest BCUT2D eigenvalue weighted by Gasteiger charge is 2.31. The molecule has 1 fully saturated rings. The van der Waals surface area contributed by atoms with Crippen molar-refractivity contribution in [3.8, 4) is 0 Å². The normalized spacial score (nSPS) is 18.8. The number of nitro benzene ring substituents is 1. The molecule has 1 atom stereocenters. The Kier molecular flexibility index (Phi) is 5.19. The lowest BCUT2D eigenvalue weighted by atomic mass is 10.1. The van der Waals surface area contributed by atoms with E-state index in [0.29, 0.717) is 19.6 Å². The van der Waals surface area contributed by atoms with Gasteiger partial charge in [-0.25, -0.2) is 8.42 Å². The molecule has 25 heavy (non-hydrogen) atoms. The molecule has 0 saturated carbocycles. The van der Waals surface area contributed by atoms with E-state index in [0.717, 1.165) is 10.0 Å².